The van der Waals surface area contributed by atoms with Gasteiger partial charge in [-0.2, -0.15) is 0 Å². The highest BCUT2D eigenvalue weighted by Gasteiger charge is 2.17. The first-order chi connectivity index (χ1) is 8.12. The van der Waals surface area contributed by atoms with Crippen molar-refractivity contribution in [3.05, 3.63) is 25.3 Å². The van der Waals surface area contributed by atoms with Crippen molar-refractivity contribution >= 4 is 0 Å². The Kier molecular flexibility index (Phi) is 10.2. The average molecular weight is 240 g/mol. The highest BCUT2D eigenvalue weighted by atomic mass is 16.7. The maximum atomic E-state index is 5.71. The zero-order chi connectivity index (χ0) is 13.0. The summed E-state index contributed by atoms with van der Waals surface area (Å²) in [6.07, 6.45) is 10.4. The highest BCUT2D eigenvalue weighted by molar-refractivity contribution is 4.66. The maximum absolute atomic E-state index is 5.71. The van der Waals surface area contributed by atoms with E-state index in [1.807, 2.05) is 26.0 Å². The number of allylic oxidation sites excluding steroid dienone is 2. The predicted octanol–water partition coefficient (Wildman–Crippen LogP) is 4.47. The molecule has 0 bridgehead atoms. The number of rotatable bonds is 12. The third kappa shape index (κ3) is 11.7. The second-order valence-corrected chi connectivity index (χ2v) is 4.67. The van der Waals surface area contributed by atoms with E-state index in [1.54, 1.807) is 0 Å². The molecule has 0 unspecified atom stereocenters. The molecule has 0 rings (SSSR count). The third-order valence-corrected chi connectivity index (χ3v) is 2.50. The van der Waals surface area contributed by atoms with E-state index in [4.69, 9.17) is 9.47 Å². The Labute approximate surface area is 107 Å². The lowest BCUT2D eigenvalue weighted by molar-refractivity contribution is -0.214. The monoisotopic (exact) mass is 240 g/mol. The Morgan fingerprint density at radius 2 is 1.24 bits per heavy atom. The molecule has 0 fully saturated rings. The zero-order valence-electron chi connectivity index (χ0n) is 11.5. The van der Waals surface area contributed by atoms with Crippen molar-refractivity contribution in [1.29, 1.82) is 0 Å². The number of unbranched alkanes of at least 4 members (excludes halogenated alkanes) is 4. The van der Waals surface area contributed by atoms with Crippen LogP contribution in [0.2, 0.25) is 0 Å². The normalized spacial score (nSPS) is 11.4. The molecule has 0 radical (unpaired) electrons. The summed E-state index contributed by atoms with van der Waals surface area (Å²) in [6, 6.07) is 0. The van der Waals surface area contributed by atoms with Crippen LogP contribution >= 0.6 is 0 Å². The number of hydrogen-bond donors (Lipinski definition) is 0. The van der Waals surface area contributed by atoms with Gasteiger partial charge in [-0.25, -0.2) is 0 Å². The van der Waals surface area contributed by atoms with E-state index in [2.05, 4.69) is 13.2 Å². The number of hydrogen-bond acceptors (Lipinski definition) is 2. The lowest BCUT2D eigenvalue weighted by Crippen LogP contribution is -2.29. The first-order valence-electron chi connectivity index (χ1n) is 6.62. The maximum Gasteiger partial charge on any atom is 0.162 e. The van der Waals surface area contributed by atoms with Gasteiger partial charge in [0, 0.05) is 0 Å². The van der Waals surface area contributed by atoms with Gasteiger partial charge in [-0.3, -0.25) is 0 Å². The molecule has 0 aliphatic heterocycles. The van der Waals surface area contributed by atoms with Crippen LogP contribution in [0.4, 0.5) is 0 Å². The van der Waals surface area contributed by atoms with Gasteiger partial charge in [-0.05, 0) is 52.4 Å². The molecule has 0 N–H and O–H groups in total. The molecule has 0 aromatic carbocycles. The summed E-state index contributed by atoms with van der Waals surface area (Å²) in [5.41, 5.74) is 0. The van der Waals surface area contributed by atoms with Gasteiger partial charge in [-0.15, -0.1) is 13.2 Å². The summed E-state index contributed by atoms with van der Waals surface area (Å²) >= 11 is 0. The molecule has 17 heavy (non-hydrogen) atoms. The van der Waals surface area contributed by atoms with Crippen LogP contribution in [0.15, 0.2) is 25.3 Å². The molecule has 100 valence electrons. The van der Waals surface area contributed by atoms with Crippen molar-refractivity contribution in [1.82, 2.24) is 0 Å². The Morgan fingerprint density at radius 1 is 0.824 bits per heavy atom. The summed E-state index contributed by atoms with van der Waals surface area (Å²) in [7, 11) is 0. The smallest absolute Gasteiger partial charge is 0.162 e. The van der Waals surface area contributed by atoms with Crippen LogP contribution in [-0.2, 0) is 9.47 Å². The second kappa shape index (κ2) is 10.5. The Balaban J connectivity index is 3.44. The molecular weight excluding hydrogens is 212 g/mol. The molecule has 0 amide bonds. The molecule has 0 aromatic rings. The molecule has 0 aliphatic carbocycles. The fraction of sp³-hybridized carbons (Fsp3) is 0.733. The molecule has 0 heterocycles. The molecule has 0 spiro atoms. The van der Waals surface area contributed by atoms with E-state index < -0.39 is 5.79 Å². The quantitative estimate of drug-likeness (QED) is 0.285. The van der Waals surface area contributed by atoms with Crippen LogP contribution in [0.3, 0.4) is 0 Å². The van der Waals surface area contributed by atoms with Crippen molar-refractivity contribution < 1.29 is 9.47 Å². The summed E-state index contributed by atoms with van der Waals surface area (Å²) < 4.78 is 11.4. The van der Waals surface area contributed by atoms with Crippen LogP contribution in [0.25, 0.3) is 0 Å². The average Bonchev–Trinajstić information content (AvgIpc) is 2.28. The molecule has 0 saturated heterocycles. The van der Waals surface area contributed by atoms with Gasteiger partial charge in [0.15, 0.2) is 5.79 Å². The summed E-state index contributed by atoms with van der Waals surface area (Å²) in [4.78, 5) is 0. The molecule has 0 saturated carbocycles. The number of ether oxygens (including phenoxy) is 2. The molecule has 2 heteroatoms. The van der Waals surface area contributed by atoms with Crippen LogP contribution < -0.4 is 0 Å². The molecule has 0 aromatic heterocycles. The highest BCUT2D eigenvalue weighted by Crippen LogP contribution is 2.13. The zero-order valence-corrected chi connectivity index (χ0v) is 11.5. The van der Waals surface area contributed by atoms with E-state index in [9.17, 15) is 0 Å². The van der Waals surface area contributed by atoms with Gasteiger partial charge >= 0.3 is 0 Å². The Bertz CT molecular complexity index is 177. The summed E-state index contributed by atoms with van der Waals surface area (Å²) in [5, 5.41) is 0. The van der Waals surface area contributed by atoms with Gasteiger partial charge in [0.05, 0.1) is 13.2 Å². The fourth-order valence-electron chi connectivity index (χ4n) is 1.46. The van der Waals surface area contributed by atoms with Gasteiger partial charge in [0.1, 0.15) is 0 Å². The molecular formula is C15H28O2. The van der Waals surface area contributed by atoms with E-state index in [-0.39, 0.29) is 0 Å². The van der Waals surface area contributed by atoms with E-state index in [0.29, 0.717) is 0 Å². The van der Waals surface area contributed by atoms with Crippen LogP contribution in [0.5, 0.6) is 0 Å². The van der Waals surface area contributed by atoms with Crippen molar-refractivity contribution in [2.75, 3.05) is 13.2 Å². The second-order valence-electron chi connectivity index (χ2n) is 4.67. The predicted molar refractivity (Wildman–Crippen MR) is 74.1 cm³/mol. The van der Waals surface area contributed by atoms with Gasteiger partial charge < -0.3 is 9.47 Å². The lowest BCUT2D eigenvalue weighted by atomic mass is 10.2. The first-order valence-corrected chi connectivity index (χ1v) is 6.62. The molecule has 2 nitrogen and oxygen atoms in total. The Hall–Kier alpha value is -0.600. The molecule has 0 aliphatic rings. The minimum Gasteiger partial charge on any atom is -0.351 e. The van der Waals surface area contributed by atoms with Gasteiger partial charge in [0.25, 0.3) is 0 Å². The van der Waals surface area contributed by atoms with E-state index >= 15 is 0 Å². The minimum absolute atomic E-state index is 0.456. The third-order valence-electron chi connectivity index (χ3n) is 2.50. The van der Waals surface area contributed by atoms with E-state index in [1.165, 1.54) is 0 Å². The van der Waals surface area contributed by atoms with Crippen molar-refractivity contribution in [3.63, 3.8) is 0 Å². The molecule has 0 atom stereocenters. The lowest BCUT2D eigenvalue weighted by Gasteiger charge is -2.25. The summed E-state index contributed by atoms with van der Waals surface area (Å²) in [6.45, 7) is 12.9. The van der Waals surface area contributed by atoms with Gasteiger partial charge in [0.2, 0.25) is 0 Å². The minimum atomic E-state index is -0.456. The van der Waals surface area contributed by atoms with Gasteiger partial charge in [-0.1, -0.05) is 12.2 Å². The Morgan fingerprint density at radius 3 is 1.59 bits per heavy atom. The van der Waals surface area contributed by atoms with Crippen LogP contribution in [-0.4, -0.2) is 19.0 Å². The van der Waals surface area contributed by atoms with Crippen molar-refractivity contribution in [3.8, 4) is 0 Å². The van der Waals surface area contributed by atoms with Crippen molar-refractivity contribution in [2.45, 2.75) is 58.2 Å². The van der Waals surface area contributed by atoms with Crippen molar-refractivity contribution in [2.24, 2.45) is 0 Å². The SMILES string of the molecule is C=CCCCCOC(C)(C)OCCCCC=C. The summed E-state index contributed by atoms with van der Waals surface area (Å²) in [5.74, 6) is -0.456. The largest absolute Gasteiger partial charge is 0.351 e. The first kappa shape index (κ1) is 16.4. The topological polar surface area (TPSA) is 18.5 Å². The standard InChI is InChI=1S/C15H28O2/c1-5-7-9-11-13-16-15(3,4)17-14-12-10-8-6-2/h5-6H,1-2,7-14H2,3-4H3. The fourth-order valence-corrected chi connectivity index (χ4v) is 1.46. The van der Waals surface area contributed by atoms with Crippen LogP contribution in [0.1, 0.15) is 52.4 Å². The van der Waals surface area contributed by atoms with E-state index in [0.717, 1.165) is 51.7 Å². The van der Waals surface area contributed by atoms with Crippen LogP contribution in [0, 0.1) is 0 Å².